The molecule has 2 N–H and O–H groups in total. The van der Waals surface area contributed by atoms with Gasteiger partial charge in [-0.1, -0.05) is 6.07 Å². The minimum Gasteiger partial charge on any atom is -0.381 e. The third kappa shape index (κ3) is 8.62. The fourth-order valence-electron chi connectivity index (χ4n) is 3.86. The lowest BCUT2D eigenvalue weighted by atomic mass is 9.97. The highest BCUT2D eigenvalue weighted by atomic mass is 32.1. The molecule has 0 spiro atoms. The molecule has 0 radical (unpaired) electrons. The van der Waals surface area contributed by atoms with E-state index in [9.17, 15) is 0 Å². The second-order valence-corrected chi connectivity index (χ2v) is 9.14. The fraction of sp³-hybridized carbons (Fsp3) is 0.773. The summed E-state index contributed by atoms with van der Waals surface area (Å²) in [6.45, 7) is 11.7. The summed E-state index contributed by atoms with van der Waals surface area (Å²) in [5.41, 5.74) is 0. The molecule has 2 aliphatic heterocycles. The lowest BCUT2D eigenvalue weighted by molar-refractivity contribution is 0.0888. The Labute approximate surface area is 180 Å². The van der Waals surface area contributed by atoms with Crippen LogP contribution in [0.25, 0.3) is 0 Å². The Morgan fingerprint density at radius 1 is 1.28 bits per heavy atom. The quantitative estimate of drug-likeness (QED) is 0.326. The summed E-state index contributed by atoms with van der Waals surface area (Å²) in [6, 6.07) is 4.39. The summed E-state index contributed by atoms with van der Waals surface area (Å²) >= 11 is 1.86. The normalized spacial score (nSPS) is 21.6. The molecule has 2 fully saturated rings. The zero-order chi connectivity index (χ0) is 20.2. The monoisotopic (exact) mass is 422 g/mol. The second kappa shape index (κ2) is 13.2. The number of hydrogen-bond acceptors (Lipinski definition) is 5. The molecule has 29 heavy (non-hydrogen) atoms. The largest absolute Gasteiger partial charge is 0.381 e. The van der Waals surface area contributed by atoms with Gasteiger partial charge in [-0.2, -0.15) is 0 Å². The number of nitrogens with zero attached hydrogens (tertiary/aromatic N) is 2. The van der Waals surface area contributed by atoms with Crippen molar-refractivity contribution in [2.24, 2.45) is 16.8 Å². The van der Waals surface area contributed by atoms with E-state index in [1.807, 2.05) is 11.3 Å². The van der Waals surface area contributed by atoms with Gasteiger partial charge in [-0.15, -0.1) is 11.3 Å². The van der Waals surface area contributed by atoms with Gasteiger partial charge in [0.2, 0.25) is 0 Å². The van der Waals surface area contributed by atoms with Crippen molar-refractivity contribution in [2.75, 3.05) is 59.2 Å². The van der Waals surface area contributed by atoms with E-state index in [1.54, 1.807) is 0 Å². The number of piperidine rings is 1. The van der Waals surface area contributed by atoms with Crippen molar-refractivity contribution < 1.29 is 9.47 Å². The van der Waals surface area contributed by atoms with Crippen LogP contribution in [0.15, 0.2) is 22.5 Å². The van der Waals surface area contributed by atoms with Crippen LogP contribution in [0.3, 0.4) is 0 Å². The first-order chi connectivity index (χ1) is 14.3. The Morgan fingerprint density at radius 3 is 2.90 bits per heavy atom. The number of likely N-dealkylation sites (tertiary alicyclic amines) is 1. The molecule has 2 aliphatic rings. The topological polar surface area (TPSA) is 58.1 Å². The number of rotatable bonds is 11. The molecule has 0 bridgehead atoms. The first-order valence-corrected chi connectivity index (χ1v) is 12.1. The molecule has 0 aromatic carbocycles. The molecular weight excluding hydrogens is 384 g/mol. The average molecular weight is 423 g/mol. The Bertz CT molecular complexity index is 567. The number of ether oxygens (including phenoxy) is 2. The first-order valence-electron chi connectivity index (χ1n) is 11.3. The van der Waals surface area contributed by atoms with E-state index >= 15 is 0 Å². The molecule has 1 aromatic heterocycles. The highest BCUT2D eigenvalue weighted by Gasteiger charge is 2.19. The zero-order valence-electron chi connectivity index (χ0n) is 17.9. The second-order valence-electron chi connectivity index (χ2n) is 8.10. The summed E-state index contributed by atoms with van der Waals surface area (Å²) in [4.78, 5) is 8.89. The molecule has 6 nitrogen and oxygen atoms in total. The van der Waals surface area contributed by atoms with Crippen molar-refractivity contribution >= 4 is 17.3 Å². The van der Waals surface area contributed by atoms with Crippen LogP contribution in [0.2, 0.25) is 0 Å². The molecule has 0 saturated carbocycles. The van der Waals surface area contributed by atoms with Gasteiger partial charge in [0.15, 0.2) is 5.96 Å². The van der Waals surface area contributed by atoms with Crippen molar-refractivity contribution in [1.29, 1.82) is 0 Å². The fourth-order valence-corrected chi connectivity index (χ4v) is 4.60. The number of nitrogens with one attached hydrogen (secondary N) is 2. The van der Waals surface area contributed by atoms with Crippen LogP contribution in [0, 0.1) is 11.8 Å². The van der Waals surface area contributed by atoms with Gasteiger partial charge in [-0.25, -0.2) is 0 Å². The van der Waals surface area contributed by atoms with Crippen LogP contribution in [-0.4, -0.2) is 70.0 Å². The summed E-state index contributed by atoms with van der Waals surface area (Å²) in [5.74, 6) is 2.23. The van der Waals surface area contributed by atoms with Crippen LogP contribution in [0.1, 0.15) is 37.5 Å². The Kier molecular flexibility index (Phi) is 10.3. The Morgan fingerprint density at radius 2 is 2.17 bits per heavy atom. The van der Waals surface area contributed by atoms with Crippen molar-refractivity contribution in [3.63, 3.8) is 0 Å². The lowest BCUT2D eigenvalue weighted by Gasteiger charge is -2.31. The molecule has 1 atom stereocenters. The van der Waals surface area contributed by atoms with E-state index < -0.39 is 0 Å². The van der Waals surface area contributed by atoms with Gasteiger partial charge in [-0.3, -0.25) is 9.89 Å². The maximum absolute atomic E-state index is 5.78. The highest BCUT2D eigenvalue weighted by molar-refractivity contribution is 7.09. The molecule has 3 rings (SSSR count). The van der Waals surface area contributed by atoms with Crippen molar-refractivity contribution in [2.45, 2.75) is 39.2 Å². The SMILES string of the molecule is CCNC(=NCC1CCN(Cc2cccs2)CC1)NCCCOCC1CCOC1. The van der Waals surface area contributed by atoms with E-state index in [2.05, 4.69) is 40.0 Å². The summed E-state index contributed by atoms with van der Waals surface area (Å²) in [7, 11) is 0. The molecule has 1 aromatic rings. The standard InChI is InChI=1S/C22H38N4O2S/c1-2-23-22(24-9-4-12-27-17-20-8-13-28-18-20)25-15-19-6-10-26(11-7-19)16-21-5-3-14-29-21/h3,5,14,19-20H,2,4,6-13,15-18H2,1H3,(H2,23,24,25). The highest BCUT2D eigenvalue weighted by Crippen LogP contribution is 2.20. The first kappa shape index (κ1) is 22.5. The van der Waals surface area contributed by atoms with Crippen molar-refractivity contribution in [1.82, 2.24) is 15.5 Å². The van der Waals surface area contributed by atoms with Gasteiger partial charge >= 0.3 is 0 Å². The minimum atomic E-state index is 0.596. The number of hydrogen-bond donors (Lipinski definition) is 2. The molecule has 7 heteroatoms. The third-order valence-electron chi connectivity index (χ3n) is 5.65. The number of aliphatic imine (C=N–C) groups is 1. The smallest absolute Gasteiger partial charge is 0.191 e. The summed E-state index contributed by atoms with van der Waals surface area (Å²) in [6.07, 6.45) is 4.63. The van der Waals surface area contributed by atoms with E-state index in [1.165, 1.54) is 30.8 Å². The van der Waals surface area contributed by atoms with E-state index in [-0.39, 0.29) is 0 Å². The molecule has 1 unspecified atom stereocenters. The third-order valence-corrected chi connectivity index (χ3v) is 6.52. The Balaban J connectivity index is 1.27. The van der Waals surface area contributed by atoms with Crippen LogP contribution in [0.4, 0.5) is 0 Å². The summed E-state index contributed by atoms with van der Waals surface area (Å²) in [5, 5.41) is 8.99. The molecule has 2 saturated heterocycles. The van der Waals surface area contributed by atoms with E-state index in [0.29, 0.717) is 11.8 Å². The van der Waals surface area contributed by atoms with Gasteiger partial charge in [0.25, 0.3) is 0 Å². The zero-order valence-corrected chi connectivity index (χ0v) is 18.7. The van der Waals surface area contributed by atoms with E-state index in [4.69, 9.17) is 14.5 Å². The minimum absolute atomic E-state index is 0.596. The van der Waals surface area contributed by atoms with Crippen LogP contribution < -0.4 is 10.6 Å². The van der Waals surface area contributed by atoms with Gasteiger partial charge in [0.1, 0.15) is 0 Å². The molecule has 0 amide bonds. The predicted molar refractivity (Wildman–Crippen MR) is 121 cm³/mol. The average Bonchev–Trinajstić information content (AvgIpc) is 3.44. The lowest BCUT2D eigenvalue weighted by Crippen LogP contribution is -2.39. The predicted octanol–water partition coefficient (Wildman–Crippen LogP) is 2.96. The van der Waals surface area contributed by atoms with Gasteiger partial charge < -0.3 is 20.1 Å². The molecule has 0 aliphatic carbocycles. The van der Waals surface area contributed by atoms with Gasteiger partial charge in [0, 0.05) is 50.2 Å². The number of thiophene rings is 1. The maximum atomic E-state index is 5.78. The number of guanidine groups is 1. The molecular formula is C22H38N4O2S. The van der Waals surface area contributed by atoms with Crippen LogP contribution in [0.5, 0.6) is 0 Å². The molecule has 164 valence electrons. The van der Waals surface area contributed by atoms with Crippen LogP contribution in [-0.2, 0) is 16.0 Å². The Hall–Kier alpha value is -1.15. The summed E-state index contributed by atoms with van der Waals surface area (Å²) < 4.78 is 11.2. The molecule has 3 heterocycles. The van der Waals surface area contributed by atoms with Gasteiger partial charge in [0.05, 0.1) is 13.2 Å². The van der Waals surface area contributed by atoms with Gasteiger partial charge in [-0.05, 0) is 63.1 Å². The maximum Gasteiger partial charge on any atom is 0.191 e. The van der Waals surface area contributed by atoms with E-state index in [0.717, 1.165) is 71.4 Å². The van der Waals surface area contributed by atoms with Crippen molar-refractivity contribution in [3.05, 3.63) is 22.4 Å². The van der Waals surface area contributed by atoms with Crippen molar-refractivity contribution in [3.8, 4) is 0 Å². The van der Waals surface area contributed by atoms with Crippen LogP contribution >= 0.6 is 11.3 Å².